The Morgan fingerprint density at radius 1 is 1.72 bits per heavy atom. The number of oxime groups is 1. The lowest BCUT2D eigenvalue weighted by Crippen LogP contribution is -2.37. The van der Waals surface area contributed by atoms with Crippen LogP contribution in [0.1, 0.15) is 29.4 Å². The number of carbonyl (C=O) groups is 1. The van der Waals surface area contributed by atoms with Crippen molar-refractivity contribution in [1.82, 2.24) is 5.32 Å². The van der Waals surface area contributed by atoms with Gasteiger partial charge in [0.15, 0.2) is 0 Å². The molecule has 6 nitrogen and oxygen atoms in total. The Morgan fingerprint density at radius 2 is 2.44 bits per heavy atom. The van der Waals surface area contributed by atoms with Crippen LogP contribution in [0.3, 0.4) is 0 Å². The molecule has 1 aromatic rings. The summed E-state index contributed by atoms with van der Waals surface area (Å²) in [5.41, 5.74) is 5.43. The van der Waals surface area contributed by atoms with Crippen molar-refractivity contribution in [3.8, 4) is 5.75 Å². The van der Waals surface area contributed by atoms with Gasteiger partial charge in [0.1, 0.15) is 16.5 Å². The average molecular weight is 271 g/mol. The van der Waals surface area contributed by atoms with E-state index in [1.54, 1.807) is 11.4 Å². The highest BCUT2D eigenvalue weighted by Gasteiger charge is 2.18. The summed E-state index contributed by atoms with van der Waals surface area (Å²) in [5.74, 6) is 0.441. The minimum absolute atomic E-state index is 0.0975. The highest BCUT2D eigenvalue weighted by atomic mass is 32.1. The molecule has 18 heavy (non-hydrogen) atoms. The van der Waals surface area contributed by atoms with E-state index in [0.717, 1.165) is 0 Å². The largest absolute Gasteiger partial charge is 0.495 e. The van der Waals surface area contributed by atoms with E-state index in [-0.39, 0.29) is 17.8 Å². The summed E-state index contributed by atoms with van der Waals surface area (Å²) < 4.78 is 5.09. The molecule has 1 atom stereocenters. The molecule has 1 rings (SSSR count). The number of methoxy groups -OCH3 is 1. The summed E-state index contributed by atoms with van der Waals surface area (Å²) >= 11 is 1.31. The van der Waals surface area contributed by atoms with Crippen LogP contribution < -0.4 is 15.8 Å². The standard InChI is InChI=1S/C11H17N3O3S/c1-3-7(6-9(12)14-16)13-11(15)10-8(17-2)4-5-18-10/h4-5,7,16H,3,6H2,1-2H3,(H2,12,14)(H,13,15). The van der Waals surface area contributed by atoms with Gasteiger partial charge in [-0.1, -0.05) is 12.1 Å². The first-order valence-corrected chi connectivity index (χ1v) is 6.39. The van der Waals surface area contributed by atoms with Crippen LogP contribution >= 0.6 is 11.3 Å². The van der Waals surface area contributed by atoms with Gasteiger partial charge in [-0.25, -0.2) is 0 Å². The second-order valence-electron chi connectivity index (χ2n) is 3.69. The molecule has 1 heterocycles. The van der Waals surface area contributed by atoms with Gasteiger partial charge in [-0.15, -0.1) is 11.3 Å². The molecule has 0 aromatic carbocycles. The smallest absolute Gasteiger partial charge is 0.265 e. The molecule has 4 N–H and O–H groups in total. The average Bonchev–Trinajstić information content (AvgIpc) is 2.85. The van der Waals surface area contributed by atoms with Crippen molar-refractivity contribution in [3.05, 3.63) is 16.3 Å². The molecular formula is C11H17N3O3S. The van der Waals surface area contributed by atoms with Crippen LogP contribution in [0.4, 0.5) is 0 Å². The number of nitrogens with two attached hydrogens (primary N) is 1. The van der Waals surface area contributed by atoms with Crippen LogP contribution in [0, 0.1) is 0 Å². The Balaban J connectivity index is 2.68. The molecule has 1 aromatic heterocycles. The lowest BCUT2D eigenvalue weighted by Gasteiger charge is -2.15. The molecule has 1 unspecified atom stereocenters. The molecular weight excluding hydrogens is 254 g/mol. The number of ether oxygens (including phenoxy) is 1. The normalized spacial score (nSPS) is 13.1. The molecule has 0 saturated carbocycles. The summed E-state index contributed by atoms with van der Waals surface area (Å²) in [6.45, 7) is 1.92. The van der Waals surface area contributed by atoms with E-state index in [9.17, 15) is 4.79 Å². The first-order valence-electron chi connectivity index (χ1n) is 5.51. The number of nitrogens with zero attached hydrogens (tertiary/aromatic N) is 1. The fraction of sp³-hybridized carbons (Fsp3) is 0.455. The lowest BCUT2D eigenvalue weighted by atomic mass is 10.1. The highest BCUT2D eigenvalue weighted by Crippen LogP contribution is 2.24. The maximum Gasteiger partial charge on any atom is 0.265 e. The molecule has 0 spiro atoms. The van der Waals surface area contributed by atoms with Crippen LogP contribution in [0.2, 0.25) is 0 Å². The van der Waals surface area contributed by atoms with E-state index in [4.69, 9.17) is 15.7 Å². The number of amidine groups is 1. The van der Waals surface area contributed by atoms with Crippen molar-refractivity contribution in [2.75, 3.05) is 7.11 Å². The summed E-state index contributed by atoms with van der Waals surface area (Å²) in [6.07, 6.45) is 1.00. The maximum atomic E-state index is 12.0. The Labute approximate surface area is 109 Å². The molecule has 0 fully saturated rings. The van der Waals surface area contributed by atoms with Gasteiger partial charge in [-0.2, -0.15) is 0 Å². The molecule has 7 heteroatoms. The molecule has 0 aliphatic heterocycles. The van der Waals surface area contributed by atoms with Crippen LogP contribution in [-0.4, -0.2) is 30.1 Å². The molecule has 0 aliphatic carbocycles. The Hall–Kier alpha value is -1.76. The van der Waals surface area contributed by atoms with Gasteiger partial charge in [-0.3, -0.25) is 4.79 Å². The highest BCUT2D eigenvalue weighted by molar-refractivity contribution is 7.12. The van der Waals surface area contributed by atoms with Crippen molar-refractivity contribution >= 4 is 23.1 Å². The predicted octanol–water partition coefficient (Wildman–Crippen LogP) is 1.40. The number of amides is 1. The number of carbonyl (C=O) groups excluding carboxylic acids is 1. The fourth-order valence-corrected chi connectivity index (χ4v) is 2.23. The van der Waals surface area contributed by atoms with Crippen molar-refractivity contribution in [2.45, 2.75) is 25.8 Å². The number of rotatable bonds is 6. The number of hydrogen-bond acceptors (Lipinski definition) is 5. The monoisotopic (exact) mass is 271 g/mol. The molecule has 0 bridgehead atoms. The van der Waals surface area contributed by atoms with Gasteiger partial charge in [0, 0.05) is 12.5 Å². The Kier molecular flexibility index (Phi) is 5.44. The van der Waals surface area contributed by atoms with Crippen molar-refractivity contribution in [2.24, 2.45) is 10.9 Å². The molecule has 0 aliphatic rings. The van der Waals surface area contributed by atoms with Crippen molar-refractivity contribution in [1.29, 1.82) is 0 Å². The third-order valence-corrected chi connectivity index (χ3v) is 3.36. The van der Waals surface area contributed by atoms with E-state index in [0.29, 0.717) is 23.5 Å². The van der Waals surface area contributed by atoms with Gasteiger partial charge >= 0.3 is 0 Å². The number of nitrogens with one attached hydrogen (secondary N) is 1. The minimum Gasteiger partial charge on any atom is -0.495 e. The number of thiophene rings is 1. The zero-order chi connectivity index (χ0) is 13.5. The maximum absolute atomic E-state index is 12.0. The van der Waals surface area contributed by atoms with Gasteiger partial charge in [0.25, 0.3) is 5.91 Å². The Morgan fingerprint density at radius 3 is 3.00 bits per heavy atom. The van der Waals surface area contributed by atoms with Gasteiger partial charge in [0.2, 0.25) is 0 Å². The summed E-state index contributed by atoms with van der Waals surface area (Å²) in [7, 11) is 1.52. The summed E-state index contributed by atoms with van der Waals surface area (Å²) in [5, 5.41) is 16.0. The molecule has 0 radical (unpaired) electrons. The van der Waals surface area contributed by atoms with Crippen LogP contribution in [0.5, 0.6) is 5.75 Å². The van der Waals surface area contributed by atoms with Crippen molar-refractivity contribution in [3.63, 3.8) is 0 Å². The second kappa shape index (κ2) is 6.85. The summed E-state index contributed by atoms with van der Waals surface area (Å²) in [6, 6.07) is 1.57. The topological polar surface area (TPSA) is 96.9 Å². The fourth-order valence-electron chi connectivity index (χ4n) is 1.47. The SMILES string of the molecule is CCC(C/C(N)=N/O)NC(=O)c1sccc1OC. The summed E-state index contributed by atoms with van der Waals surface area (Å²) in [4.78, 5) is 12.5. The molecule has 0 saturated heterocycles. The zero-order valence-electron chi connectivity index (χ0n) is 10.3. The predicted molar refractivity (Wildman–Crippen MR) is 70.4 cm³/mol. The van der Waals surface area contributed by atoms with Gasteiger partial charge in [0.05, 0.1) is 7.11 Å². The van der Waals surface area contributed by atoms with Gasteiger partial charge in [-0.05, 0) is 17.9 Å². The first-order chi connectivity index (χ1) is 8.62. The first kappa shape index (κ1) is 14.3. The van der Waals surface area contributed by atoms with E-state index in [1.807, 2.05) is 6.92 Å². The quantitative estimate of drug-likeness (QED) is 0.315. The van der Waals surface area contributed by atoms with Crippen molar-refractivity contribution < 1.29 is 14.7 Å². The zero-order valence-corrected chi connectivity index (χ0v) is 11.2. The Bertz CT molecular complexity index is 431. The van der Waals surface area contributed by atoms with Crippen LogP contribution in [0.25, 0.3) is 0 Å². The van der Waals surface area contributed by atoms with E-state index in [2.05, 4.69) is 10.5 Å². The molecule has 1 amide bonds. The third-order valence-electron chi connectivity index (χ3n) is 2.47. The van der Waals surface area contributed by atoms with E-state index < -0.39 is 0 Å². The van der Waals surface area contributed by atoms with Gasteiger partial charge < -0.3 is 21.0 Å². The second-order valence-corrected chi connectivity index (χ2v) is 4.61. The number of hydrogen-bond donors (Lipinski definition) is 3. The van der Waals surface area contributed by atoms with Crippen LogP contribution in [-0.2, 0) is 0 Å². The minimum atomic E-state index is -0.209. The van der Waals surface area contributed by atoms with E-state index in [1.165, 1.54) is 18.4 Å². The van der Waals surface area contributed by atoms with Crippen LogP contribution in [0.15, 0.2) is 16.6 Å². The third kappa shape index (κ3) is 3.63. The van der Waals surface area contributed by atoms with E-state index >= 15 is 0 Å². The lowest BCUT2D eigenvalue weighted by molar-refractivity contribution is 0.0938. The molecule has 100 valence electrons.